The van der Waals surface area contributed by atoms with Gasteiger partial charge in [-0.15, -0.1) is 0 Å². The molecule has 2 unspecified atom stereocenters. The zero-order chi connectivity index (χ0) is 24.2. The molecule has 178 valence electrons. The van der Waals surface area contributed by atoms with Gasteiger partial charge in [0.1, 0.15) is 6.54 Å². The van der Waals surface area contributed by atoms with Crippen LogP contribution < -0.4 is 5.32 Å². The van der Waals surface area contributed by atoms with Crippen LogP contribution in [0, 0.1) is 11.8 Å². The number of hydrogen-bond donors (Lipinski definition) is 1. The highest BCUT2D eigenvalue weighted by atomic mass is 32.2. The normalized spacial score (nSPS) is 18.1. The van der Waals surface area contributed by atoms with Gasteiger partial charge in [0, 0.05) is 24.3 Å². The molecular formula is C26H30N4O3S. The highest BCUT2D eigenvalue weighted by Crippen LogP contribution is 2.26. The minimum atomic E-state index is -0.177. The lowest BCUT2D eigenvalue weighted by atomic mass is 9.92. The number of thioether (sulfide) groups is 1. The van der Waals surface area contributed by atoms with E-state index in [1.165, 1.54) is 18.7 Å². The van der Waals surface area contributed by atoms with E-state index in [9.17, 15) is 14.4 Å². The molecule has 2 aromatic carbocycles. The van der Waals surface area contributed by atoms with Gasteiger partial charge in [-0.25, -0.2) is 4.98 Å². The number of hydrogen-bond acceptors (Lipinski definition) is 5. The molecule has 1 aliphatic rings. The third kappa shape index (κ3) is 5.67. The fourth-order valence-electron chi connectivity index (χ4n) is 4.53. The number of benzene rings is 2. The van der Waals surface area contributed by atoms with Crippen molar-refractivity contribution in [2.24, 2.45) is 11.8 Å². The van der Waals surface area contributed by atoms with Gasteiger partial charge < -0.3 is 14.8 Å². The molecule has 3 aromatic rings. The summed E-state index contributed by atoms with van der Waals surface area (Å²) in [4.78, 5) is 43.8. The number of anilines is 1. The summed E-state index contributed by atoms with van der Waals surface area (Å²) in [7, 11) is 0. The van der Waals surface area contributed by atoms with Gasteiger partial charge in [-0.05, 0) is 61.6 Å². The van der Waals surface area contributed by atoms with E-state index < -0.39 is 0 Å². The molecule has 1 saturated heterocycles. The lowest BCUT2D eigenvalue weighted by molar-refractivity contribution is -0.134. The average molecular weight is 479 g/mol. The Bertz CT molecular complexity index is 1190. The summed E-state index contributed by atoms with van der Waals surface area (Å²) in [6, 6.07) is 14.5. The Morgan fingerprint density at radius 3 is 2.38 bits per heavy atom. The molecule has 4 rings (SSSR count). The second-order valence-corrected chi connectivity index (χ2v) is 10.1. The molecule has 0 aliphatic carbocycles. The SMILES string of the molecule is CC(=O)c1ccc(NC(=O)CSc2nc3ccccc3n2CC(=O)N2CC(C)CC(C)C2)cc1. The molecule has 1 aromatic heterocycles. The number of piperidine rings is 1. The molecule has 0 spiro atoms. The molecule has 8 heteroatoms. The molecule has 1 aliphatic heterocycles. The molecule has 2 heterocycles. The molecular weight excluding hydrogens is 448 g/mol. The summed E-state index contributed by atoms with van der Waals surface area (Å²) < 4.78 is 1.92. The van der Waals surface area contributed by atoms with Crippen molar-refractivity contribution in [3.05, 3.63) is 54.1 Å². The monoisotopic (exact) mass is 478 g/mol. The maximum atomic E-state index is 13.2. The van der Waals surface area contributed by atoms with E-state index in [1.807, 2.05) is 33.7 Å². The van der Waals surface area contributed by atoms with Crippen molar-refractivity contribution in [1.82, 2.24) is 14.5 Å². The summed E-state index contributed by atoms with van der Waals surface area (Å²) >= 11 is 1.31. The second-order valence-electron chi connectivity index (χ2n) is 9.18. The van der Waals surface area contributed by atoms with Crippen LogP contribution in [0.3, 0.4) is 0 Å². The van der Waals surface area contributed by atoms with E-state index in [2.05, 4.69) is 24.1 Å². The van der Waals surface area contributed by atoms with E-state index >= 15 is 0 Å². The van der Waals surface area contributed by atoms with Gasteiger partial charge in [-0.1, -0.05) is 37.7 Å². The van der Waals surface area contributed by atoms with Gasteiger partial charge in [0.2, 0.25) is 11.8 Å². The number of aromatic nitrogens is 2. The van der Waals surface area contributed by atoms with Crippen molar-refractivity contribution in [3.63, 3.8) is 0 Å². The smallest absolute Gasteiger partial charge is 0.242 e. The number of para-hydroxylation sites is 2. The van der Waals surface area contributed by atoms with E-state index in [4.69, 9.17) is 0 Å². The van der Waals surface area contributed by atoms with Gasteiger partial charge >= 0.3 is 0 Å². The highest BCUT2D eigenvalue weighted by Gasteiger charge is 2.26. The molecule has 0 bridgehead atoms. The molecule has 1 N–H and O–H groups in total. The van der Waals surface area contributed by atoms with Crippen LogP contribution >= 0.6 is 11.8 Å². The molecule has 7 nitrogen and oxygen atoms in total. The van der Waals surface area contributed by atoms with Crippen LogP contribution in [0.5, 0.6) is 0 Å². The van der Waals surface area contributed by atoms with E-state index in [0.717, 1.165) is 30.5 Å². The van der Waals surface area contributed by atoms with Crippen molar-refractivity contribution >= 4 is 46.1 Å². The molecule has 2 amide bonds. The van der Waals surface area contributed by atoms with E-state index in [1.54, 1.807) is 24.3 Å². The Morgan fingerprint density at radius 2 is 1.71 bits per heavy atom. The number of nitrogens with one attached hydrogen (secondary N) is 1. The Labute approximate surface area is 203 Å². The first kappa shape index (κ1) is 24.0. The summed E-state index contributed by atoms with van der Waals surface area (Å²) in [5.41, 5.74) is 2.92. The maximum Gasteiger partial charge on any atom is 0.242 e. The number of fused-ring (bicyclic) bond motifs is 1. The number of rotatable bonds is 7. The van der Waals surface area contributed by atoms with Crippen molar-refractivity contribution in [3.8, 4) is 0 Å². The predicted molar refractivity (Wildman–Crippen MR) is 135 cm³/mol. The number of nitrogens with zero attached hydrogens (tertiary/aromatic N) is 3. The first-order valence-corrected chi connectivity index (χ1v) is 12.6. The molecule has 2 atom stereocenters. The number of amides is 2. The van der Waals surface area contributed by atoms with Gasteiger partial charge in [-0.2, -0.15) is 0 Å². The minimum absolute atomic E-state index is 0.0182. The summed E-state index contributed by atoms with van der Waals surface area (Å²) in [6.45, 7) is 7.66. The molecule has 0 saturated carbocycles. The summed E-state index contributed by atoms with van der Waals surface area (Å²) in [5, 5.41) is 3.50. The Morgan fingerprint density at radius 1 is 1.03 bits per heavy atom. The number of imidazole rings is 1. The Kier molecular flexibility index (Phi) is 7.36. The number of Topliss-reactive ketones (excluding diaryl/α,β-unsaturated/α-hetero) is 1. The number of ketones is 1. The number of likely N-dealkylation sites (tertiary alicyclic amines) is 1. The Hall–Kier alpha value is -3.13. The standard InChI is InChI=1S/C26H30N4O3S/c1-17-12-18(2)14-29(13-17)25(33)15-30-23-7-5-4-6-22(23)28-26(30)34-16-24(32)27-21-10-8-20(9-11-21)19(3)31/h4-11,17-18H,12-16H2,1-3H3,(H,27,32). The van der Waals surface area contributed by atoms with Gasteiger partial charge in [-0.3, -0.25) is 14.4 Å². The predicted octanol–water partition coefficient (Wildman–Crippen LogP) is 4.47. The van der Waals surface area contributed by atoms with Gasteiger partial charge in [0.15, 0.2) is 10.9 Å². The van der Waals surface area contributed by atoms with Crippen molar-refractivity contribution in [2.45, 2.75) is 38.9 Å². The zero-order valence-electron chi connectivity index (χ0n) is 19.8. The van der Waals surface area contributed by atoms with E-state index in [0.29, 0.717) is 28.2 Å². The third-order valence-corrected chi connectivity index (χ3v) is 7.02. The lowest BCUT2D eigenvalue weighted by Crippen LogP contribution is -2.44. The fraction of sp³-hybridized carbons (Fsp3) is 0.385. The quantitative estimate of drug-likeness (QED) is 0.400. The van der Waals surface area contributed by atoms with Crippen LogP contribution in [-0.2, 0) is 16.1 Å². The molecule has 34 heavy (non-hydrogen) atoms. The number of carbonyl (C=O) groups excluding carboxylic acids is 3. The maximum absolute atomic E-state index is 13.2. The molecule has 0 radical (unpaired) electrons. The average Bonchev–Trinajstić information content (AvgIpc) is 3.14. The van der Waals surface area contributed by atoms with Crippen LogP contribution in [0.15, 0.2) is 53.7 Å². The highest BCUT2D eigenvalue weighted by molar-refractivity contribution is 7.99. The molecule has 1 fully saturated rings. The van der Waals surface area contributed by atoms with Gasteiger partial charge in [0.05, 0.1) is 16.8 Å². The van der Waals surface area contributed by atoms with Crippen LogP contribution in [-0.4, -0.2) is 50.9 Å². The van der Waals surface area contributed by atoms with Crippen LogP contribution in [0.1, 0.15) is 37.6 Å². The van der Waals surface area contributed by atoms with Crippen LogP contribution in [0.4, 0.5) is 5.69 Å². The van der Waals surface area contributed by atoms with Crippen LogP contribution in [0.2, 0.25) is 0 Å². The van der Waals surface area contributed by atoms with E-state index in [-0.39, 0.29) is 29.9 Å². The summed E-state index contributed by atoms with van der Waals surface area (Å²) in [6.07, 6.45) is 1.14. The third-order valence-electron chi connectivity index (χ3n) is 6.04. The van der Waals surface area contributed by atoms with Crippen molar-refractivity contribution in [1.29, 1.82) is 0 Å². The summed E-state index contributed by atoms with van der Waals surface area (Å²) in [5.74, 6) is 1.03. The van der Waals surface area contributed by atoms with Crippen molar-refractivity contribution in [2.75, 3.05) is 24.2 Å². The van der Waals surface area contributed by atoms with Crippen molar-refractivity contribution < 1.29 is 14.4 Å². The first-order chi connectivity index (χ1) is 16.3. The minimum Gasteiger partial charge on any atom is -0.341 e. The number of carbonyl (C=O) groups is 3. The Balaban J connectivity index is 1.46. The lowest BCUT2D eigenvalue weighted by Gasteiger charge is -2.35. The fourth-order valence-corrected chi connectivity index (χ4v) is 5.35. The van der Waals surface area contributed by atoms with Gasteiger partial charge in [0.25, 0.3) is 0 Å². The topological polar surface area (TPSA) is 84.3 Å². The second kappa shape index (κ2) is 10.4. The van der Waals surface area contributed by atoms with Crippen LogP contribution in [0.25, 0.3) is 11.0 Å². The largest absolute Gasteiger partial charge is 0.341 e. The first-order valence-electron chi connectivity index (χ1n) is 11.6. The zero-order valence-corrected chi connectivity index (χ0v) is 20.6.